The van der Waals surface area contributed by atoms with Gasteiger partial charge in [0.25, 0.3) is 5.91 Å². The molecule has 1 fully saturated rings. The van der Waals surface area contributed by atoms with Gasteiger partial charge in [-0.25, -0.2) is 0 Å². The van der Waals surface area contributed by atoms with Crippen molar-refractivity contribution in [3.8, 4) is 5.75 Å². The van der Waals surface area contributed by atoms with Gasteiger partial charge in [0.2, 0.25) is 5.91 Å². The van der Waals surface area contributed by atoms with Crippen LogP contribution in [-0.4, -0.2) is 31.1 Å². The molecule has 0 saturated carbocycles. The summed E-state index contributed by atoms with van der Waals surface area (Å²) in [5.41, 5.74) is 6.51. The third-order valence-corrected chi connectivity index (χ3v) is 3.96. The summed E-state index contributed by atoms with van der Waals surface area (Å²) in [7, 11) is 0. The highest BCUT2D eigenvalue weighted by molar-refractivity contribution is 6.06. The maximum absolute atomic E-state index is 12.3. The van der Waals surface area contributed by atoms with Gasteiger partial charge in [0.1, 0.15) is 12.4 Å². The summed E-state index contributed by atoms with van der Waals surface area (Å²) in [6, 6.07) is 13.4. The average molecular weight is 340 g/mol. The lowest BCUT2D eigenvalue weighted by Gasteiger charge is -2.12. The molecule has 6 nitrogen and oxygen atoms in total. The minimum atomic E-state index is -0.570. The molecule has 2 aromatic carbocycles. The first-order chi connectivity index (χ1) is 12.1. The Balaban J connectivity index is 1.63. The van der Waals surface area contributed by atoms with E-state index < -0.39 is 5.91 Å². The highest BCUT2D eigenvalue weighted by Crippen LogP contribution is 2.20. The van der Waals surface area contributed by atoms with E-state index in [1.54, 1.807) is 36.4 Å². The molecule has 1 saturated heterocycles. The van der Waals surface area contributed by atoms with Crippen molar-refractivity contribution in [3.05, 3.63) is 59.7 Å². The van der Waals surface area contributed by atoms with Crippen LogP contribution < -0.4 is 15.8 Å². The van der Waals surface area contributed by atoms with Crippen molar-refractivity contribution in [1.82, 2.24) is 0 Å². The predicted octanol–water partition coefficient (Wildman–Crippen LogP) is 2.60. The Morgan fingerprint density at radius 3 is 2.72 bits per heavy atom. The molecule has 0 aromatic heterocycles. The standard InChI is InChI=1S/C19H20N2O4/c20-18(22)13-4-1-5-14(10-13)19(23)21-15-6-2-7-16(11-15)25-12-17-8-3-9-24-17/h1-2,4-7,10-11,17H,3,8-9,12H2,(H2,20,22)(H,21,23)/t17-/m0/s1. The van der Waals surface area contributed by atoms with Crippen molar-refractivity contribution in [2.75, 3.05) is 18.5 Å². The molecule has 130 valence electrons. The molecular formula is C19H20N2O4. The topological polar surface area (TPSA) is 90.7 Å². The molecule has 6 heteroatoms. The number of hydrogen-bond donors (Lipinski definition) is 2. The van der Waals surface area contributed by atoms with E-state index in [9.17, 15) is 9.59 Å². The van der Waals surface area contributed by atoms with Crippen molar-refractivity contribution < 1.29 is 19.1 Å². The number of nitrogens with two attached hydrogens (primary N) is 1. The number of carbonyl (C=O) groups excluding carboxylic acids is 2. The summed E-state index contributed by atoms with van der Waals surface area (Å²) in [5.74, 6) is -0.224. The second-order valence-corrected chi connectivity index (χ2v) is 5.87. The number of nitrogens with one attached hydrogen (secondary N) is 1. The zero-order chi connectivity index (χ0) is 17.6. The highest BCUT2D eigenvalue weighted by Gasteiger charge is 2.16. The number of hydrogen-bond acceptors (Lipinski definition) is 4. The van der Waals surface area contributed by atoms with Crippen molar-refractivity contribution in [2.45, 2.75) is 18.9 Å². The number of anilines is 1. The molecule has 3 N–H and O–H groups in total. The minimum absolute atomic E-state index is 0.134. The number of carbonyl (C=O) groups is 2. The van der Waals surface area contributed by atoms with Crippen molar-refractivity contribution in [1.29, 1.82) is 0 Å². The second kappa shape index (κ2) is 7.81. The molecule has 1 aliphatic heterocycles. The SMILES string of the molecule is NC(=O)c1cccc(C(=O)Nc2cccc(OC[C@@H]3CCCO3)c2)c1. The summed E-state index contributed by atoms with van der Waals surface area (Å²) in [6.45, 7) is 1.28. The number of ether oxygens (including phenoxy) is 2. The van der Waals surface area contributed by atoms with Gasteiger partial charge in [-0.3, -0.25) is 9.59 Å². The van der Waals surface area contributed by atoms with Gasteiger partial charge in [-0.1, -0.05) is 12.1 Å². The third kappa shape index (κ3) is 4.58. The molecule has 0 radical (unpaired) electrons. The first-order valence-corrected chi connectivity index (χ1v) is 8.17. The molecule has 0 spiro atoms. The van der Waals surface area contributed by atoms with Crippen LogP contribution in [0.25, 0.3) is 0 Å². The normalized spacial score (nSPS) is 16.4. The Morgan fingerprint density at radius 1 is 1.16 bits per heavy atom. The maximum atomic E-state index is 12.3. The van der Waals surface area contributed by atoms with E-state index in [4.69, 9.17) is 15.2 Å². The first-order valence-electron chi connectivity index (χ1n) is 8.17. The lowest BCUT2D eigenvalue weighted by atomic mass is 10.1. The largest absolute Gasteiger partial charge is 0.491 e. The Hall–Kier alpha value is -2.86. The maximum Gasteiger partial charge on any atom is 0.255 e. The molecule has 0 aliphatic carbocycles. The molecular weight excluding hydrogens is 320 g/mol. The van der Waals surface area contributed by atoms with E-state index in [1.807, 2.05) is 6.07 Å². The molecule has 0 unspecified atom stereocenters. The van der Waals surface area contributed by atoms with Crippen LogP contribution in [0.2, 0.25) is 0 Å². The van der Waals surface area contributed by atoms with Gasteiger partial charge in [0, 0.05) is 29.5 Å². The van der Waals surface area contributed by atoms with E-state index >= 15 is 0 Å². The molecule has 2 aromatic rings. The lowest BCUT2D eigenvalue weighted by Crippen LogP contribution is -2.17. The Morgan fingerprint density at radius 2 is 1.96 bits per heavy atom. The Labute approximate surface area is 145 Å². The van der Waals surface area contributed by atoms with E-state index in [-0.39, 0.29) is 12.0 Å². The van der Waals surface area contributed by atoms with Gasteiger partial charge < -0.3 is 20.5 Å². The molecule has 1 atom stereocenters. The summed E-state index contributed by atoms with van der Waals surface area (Å²) in [5, 5.41) is 2.79. The fourth-order valence-corrected chi connectivity index (χ4v) is 2.65. The van der Waals surface area contributed by atoms with E-state index in [0.717, 1.165) is 19.4 Å². The van der Waals surface area contributed by atoms with Crippen LogP contribution in [0.3, 0.4) is 0 Å². The zero-order valence-electron chi connectivity index (χ0n) is 13.7. The van der Waals surface area contributed by atoms with Crippen LogP contribution in [-0.2, 0) is 4.74 Å². The number of amides is 2. The van der Waals surface area contributed by atoms with E-state index in [2.05, 4.69) is 5.32 Å². The first kappa shape index (κ1) is 17.0. The molecule has 2 amide bonds. The van der Waals surface area contributed by atoms with Crippen molar-refractivity contribution in [3.63, 3.8) is 0 Å². The molecule has 1 aliphatic rings. The predicted molar refractivity (Wildman–Crippen MR) is 93.8 cm³/mol. The molecule has 0 bridgehead atoms. The average Bonchev–Trinajstić information content (AvgIpc) is 3.14. The smallest absolute Gasteiger partial charge is 0.255 e. The number of rotatable bonds is 6. The fourth-order valence-electron chi connectivity index (χ4n) is 2.65. The van der Waals surface area contributed by atoms with Gasteiger partial charge in [0.05, 0.1) is 6.10 Å². The zero-order valence-corrected chi connectivity index (χ0v) is 13.7. The quantitative estimate of drug-likeness (QED) is 0.846. The van der Waals surface area contributed by atoms with Gasteiger partial charge in [-0.2, -0.15) is 0 Å². The van der Waals surface area contributed by atoms with E-state index in [1.165, 1.54) is 6.07 Å². The van der Waals surface area contributed by atoms with Crippen LogP contribution in [0.5, 0.6) is 5.75 Å². The molecule has 3 rings (SSSR count). The van der Waals surface area contributed by atoms with Gasteiger partial charge >= 0.3 is 0 Å². The van der Waals surface area contributed by atoms with Gasteiger partial charge in [0.15, 0.2) is 0 Å². The Kier molecular flexibility index (Phi) is 5.30. The Bertz CT molecular complexity index is 770. The van der Waals surface area contributed by atoms with Crippen molar-refractivity contribution >= 4 is 17.5 Å². The summed E-state index contributed by atoms with van der Waals surface area (Å²) < 4.78 is 11.3. The summed E-state index contributed by atoms with van der Waals surface area (Å²) >= 11 is 0. The van der Waals surface area contributed by atoms with Crippen LogP contribution in [0.4, 0.5) is 5.69 Å². The summed E-state index contributed by atoms with van der Waals surface area (Å²) in [6.07, 6.45) is 2.20. The number of benzene rings is 2. The lowest BCUT2D eigenvalue weighted by molar-refractivity contribution is 0.0679. The van der Waals surface area contributed by atoms with Crippen LogP contribution in [0.1, 0.15) is 33.6 Å². The molecule has 25 heavy (non-hydrogen) atoms. The minimum Gasteiger partial charge on any atom is -0.491 e. The summed E-state index contributed by atoms with van der Waals surface area (Å²) in [4.78, 5) is 23.6. The van der Waals surface area contributed by atoms with Crippen LogP contribution >= 0.6 is 0 Å². The van der Waals surface area contributed by atoms with Crippen LogP contribution in [0.15, 0.2) is 48.5 Å². The van der Waals surface area contributed by atoms with E-state index in [0.29, 0.717) is 29.2 Å². The molecule has 1 heterocycles. The highest BCUT2D eigenvalue weighted by atomic mass is 16.5. The fraction of sp³-hybridized carbons (Fsp3) is 0.263. The second-order valence-electron chi connectivity index (χ2n) is 5.87. The van der Waals surface area contributed by atoms with Crippen LogP contribution in [0, 0.1) is 0 Å². The van der Waals surface area contributed by atoms with Gasteiger partial charge in [-0.05, 0) is 43.2 Å². The monoisotopic (exact) mass is 340 g/mol. The third-order valence-electron chi connectivity index (χ3n) is 3.96. The van der Waals surface area contributed by atoms with Crippen molar-refractivity contribution in [2.24, 2.45) is 5.73 Å². The van der Waals surface area contributed by atoms with Gasteiger partial charge in [-0.15, -0.1) is 0 Å². The number of primary amides is 1.